The SMILES string of the molecule is C#CCNC(=NC)NC1C2CCCOC2C1(C)C. The lowest BCUT2D eigenvalue weighted by Gasteiger charge is -2.60. The number of guanidine groups is 1. The summed E-state index contributed by atoms with van der Waals surface area (Å²) in [4.78, 5) is 4.21. The lowest BCUT2D eigenvalue weighted by Crippen LogP contribution is -2.71. The Labute approximate surface area is 110 Å². The molecule has 0 amide bonds. The summed E-state index contributed by atoms with van der Waals surface area (Å²) in [6.45, 7) is 5.91. The van der Waals surface area contributed by atoms with E-state index in [9.17, 15) is 0 Å². The molecule has 2 rings (SSSR count). The molecule has 18 heavy (non-hydrogen) atoms. The molecule has 0 radical (unpaired) electrons. The molecule has 2 N–H and O–H groups in total. The molecule has 0 aromatic heterocycles. The van der Waals surface area contributed by atoms with Gasteiger partial charge in [-0.1, -0.05) is 19.8 Å². The first-order valence-electron chi connectivity index (χ1n) is 6.63. The van der Waals surface area contributed by atoms with Crippen LogP contribution in [0.2, 0.25) is 0 Å². The van der Waals surface area contributed by atoms with Crippen molar-refractivity contribution < 1.29 is 4.74 Å². The molecule has 100 valence electrons. The van der Waals surface area contributed by atoms with Crippen LogP contribution in [0.25, 0.3) is 0 Å². The van der Waals surface area contributed by atoms with Crippen LogP contribution in [0.15, 0.2) is 4.99 Å². The highest BCUT2D eigenvalue weighted by Crippen LogP contribution is 2.51. The van der Waals surface area contributed by atoms with Crippen LogP contribution >= 0.6 is 0 Å². The molecule has 1 heterocycles. The van der Waals surface area contributed by atoms with Gasteiger partial charge in [0, 0.05) is 31.0 Å². The Bertz CT molecular complexity index is 370. The van der Waals surface area contributed by atoms with Gasteiger partial charge >= 0.3 is 0 Å². The fourth-order valence-corrected chi connectivity index (χ4v) is 3.29. The zero-order chi connectivity index (χ0) is 13.2. The van der Waals surface area contributed by atoms with E-state index in [1.54, 1.807) is 7.05 Å². The quantitative estimate of drug-likeness (QED) is 0.436. The van der Waals surface area contributed by atoms with E-state index >= 15 is 0 Å². The Morgan fingerprint density at radius 1 is 1.56 bits per heavy atom. The third kappa shape index (κ3) is 2.20. The molecule has 2 fully saturated rings. The van der Waals surface area contributed by atoms with Crippen molar-refractivity contribution in [3.63, 3.8) is 0 Å². The molecule has 0 bridgehead atoms. The van der Waals surface area contributed by atoms with Gasteiger partial charge in [-0.3, -0.25) is 4.99 Å². The van der Waals surface area contributed by atoms with E-state index in [0.29, 0.717) is 24.6 Å². The molecule has 0 aromatic carbocycles. The van der Waals surface area contributed by atoms with Crippen molar-refractivity contribution in [2.75, 3.05) is 20.2 Å². The smallest absolute Gasteiger partial charge is 0.191 e. The van der Waals surface area contributed by atoms with Crippen LogP contribution in [0.1, 0.15) is 26.7 Å². The second-order valence-electron chi connectivity index (χ2n) is 5.67. The number of nitrogens with zero attached hydrogens (tertiary/aromatic N) is 1. The van der Waals surface area contributed by atoms with Gasteiger partial charge in [-0.2, -0.15) is 0 Å². The summed E-state index contributed by atoms with van der Waals surface area (Å²) in [5.74, 6) is 3.94. The highest BCUT2D eigenvalue weighted by Gasteiger charge is 2.58. The number of rotatable bonds is 2. The molecule has 0 spiro atoms. The number of terminal acetylenes is 1. The van der Waals surface area contributed by atoms with E-state index in [2.05, 4.69) is 35.4 Å². The summed E-state index contributed by atoms with van der Waals surface area (Å²) >= 11 is 0. The van der Waals surface area contributed by atoms with Crippen molar-refractivity contribution in [1.82, 2.24) is 10.6 Å². The molecule has 4 nitrogen and oxygen atoms in total. The Morgan fingerprint density at radius 3 is 3.00 bits per heavy atom. The Kier molecular flexibility index (Phi) is 3.82. The zero-order valence-corrected chi connectivity index (χ0v) is 11.5. The van der Waals surface area contributed by atoms with E-state index in [4.69, 9.17) is 11.2 Å². The van der Waals surface area contributed by atoms with E-state index in [-0.39, 0.29) is 5.41 Å². The first-order valence-corrected chi connectivity index (χ1v) is 6.63. The van der Waals surface area contributed by atoms with E-state index in [1.165, 1.54) is 6.42 Å². The number of aliphatic imine (C=N–C) groups is 1. The second-order valence-corrected chi connectivity index (χ2v) is 5.67. The van der Waals surface area contributed by atoms with Gasteiger partial charge in [0.1, 0.15) is 0 Å². The first-order chi connectivity index (χ1) is 8.61. The lowest BCUT2D eigenvalue weighted by atomic mass is 9.55. The van der Waals surface area contributed by atoms with Gasteiger partial charge in [-0.05, 0) is 12.8 Å². The van der Waals surface area contributed by atoms with Gasteiger partial charge in [0.25, 0.3) is 0 Å². The second kappa shape index (κ2) is 5.19. The average molecular weight is 249 g/mol. The normalized spacial score (nSPS) is 33.9. The summed E-state index contributed by atoms with van der Waals surface area (Å²) in [5.41, 5.74) is 0.152. The maximum absolute atomic E-state index is 5.89. The highest BCUT2D eigenvalue weighted by molar-refractivity contribution is 5.80. The molecular formula is C14H23N3O. The van der Waals surface area contributed by atoms with Crippen molar-refractivity contribution in [1.29, 1.82) is 0 Å². The van der Waals surface area contributed by atoms with Crippen LogP contribution in [-0.4, -0.2) is 38.3 Å². The maximum atomic E-state index is 5.89. The Balaban J connectivity index is 1.98. The van der Waals surface area contributed by atoms with E-state index in [1.807, 2.05) is 0 Å². The predicted octanol–water partition coefficient (Wildman–Crippen LogP) is 0.988. The molecule has 1 aliphatic carbocycles. The van der Waals surface area contributed by atoms with E-state index in [0.717, 1.165) is 19.0 Å². The number of nitrogens with one attached hydrogen (secondary N) is 2. The molecule has 1 saturated heterocycles. The highest BCUT2D eigenvalue weighted by atomic mass is 16.5. The van der Waals surface area contributed by atoms with E-state index < -0.39 is 0 Å². The van der Waals surface area contributed by atoms with Gasteiger partial charge in [0.05, 0.1) is 12.6 Å². The third-order valence-electron chi connectivity index (χ3n) is 4.20. The van der Waals surface area contributed by atoms with Crippen LogP contribution in [0.5, 0.6) is 0 Å². The molecular weight excluding hydrogens is 226 g/mol. The predicted molar refractivity (Wildman–Crippen MR) is 73.4 cm³/mol. The number of ether oxygens (including phenoxy) is 1. The molecule has 1 aliphatic heterocycles. The van der Waals surface area contributed by atoms with Gasteiger partial charge in [0.15, 0.2) is 5.96 Å². The monoisotopic (exact) mass is 249 g/mol. The van der Waals surface area contributed by atoms with Crippen LogP contribution in [0.3, 0.4) is 0 Å². The molecule has 1 saturated carbocycles. The summed E-state index contributed by atoms with van der Waals surface area (Å²) < 4.78 is 5.89. The Morgan fingerprint density at radius 2 is 2.33 bits per heavy atom. The zero-order valence-electron chi connectivity index (χ0n) is 11.5. The number of fused-ring (bicyclic) bond motifs is 1. The summed E-state index contributed by atoms with van der Waals surface area (Å²) in [5, 5.41) is 6.60. The first kappa shape index (κ1) is 13.2. The molecule has 4 heteroatoms. The maximum Gasteiger partial charge on any atom is 0.191 e. The standard InChI is InChI=1S/C14H23N3O/c1-5-8-16-13(15-4)17-11-10-7-6-9-18-12(10)14(11,2)3/h1,10-12H,6-9H2,2-4H3,(H2,15,16,17). The van der Waals surface area contributed by atoms with Gasteiger partial charge in [-0.25, -0.2) is 0 Å². The van der Waals surface area contributed by atoms with Crippen LogP contribution in [-0.2, 0) is 4.74 Å². The van der Waals surface area contributed by atoms with Crippen LogP contribution in [0, 0.1) is 23.7 Å². The lowest BCUT2D eigenvalue weighted by molar-refractivity contribution is -0.188. The topological polar surface area (TPSA) is 45.7 Å². The fraction of sp³-hybridized carbons (Fsp3) is 0.786. The minimum Gasteiger partial charge on any atom is -0.377 e. The van der Waals surface area contributed by atoms with Crippen molar-refractivity contribution in [3.05, 3.63) is 0 Å². The summed E-state index contributed by atoms with van der Waals surface area (Å²) in [6.07, 6.45) is 8.03. The Hall–Kier alpha value is -1.21. The number of hydrogen-bond acceptors (Lipinski definition) is 2. The van der Waals surface area contributed by atoms with Crippen LogP contribution in [0.4, 0.5) is 0 Å². The average Bonchev–Trinajstić information content (AvgIpc) is 2.39. The van der Waals surface area contributed by atoms with Crippen molar-refractivity contribution in [2.45, 2.75) is 38.8 Å². The van der Waals surface area contributed by atoms with Gasteiger partial charge < -0.3 is 15.4 Å². The summed E-state index contributed by atoms with van der Waals surface area (Å²) in [7, 11) is 1.77. The number of hydrogen-bond donors (Lipinski definition) is 2. The minimum absolute atomic E-state index is 0.152. The molecule has 0 aromatic rings. The minimum atomic E-state index is 0.152. The molecule has 3 unspecified atom stereocenters. The van der Waals surface area contributed by atoms with Gasteiger partial charge in [-0.15, -0.1) is 6.42 Å². The summed E-state index contributed by atoms with van der Waals surface area (Å²) in [6, 6.07) is 0.409. The largest absolute Gasteiger partial charge is 0.377 e. The van der Waals surface area contributed by atoms with Crippen molar-refractivity contribution in [3.8, 4) is 12.3 Å². The van der Waals surface area contributed by atoms with Crippen molar-refractivity contribution >= 4 is 5.96 Å². The van der Waals surface area contributed by atoms with Crippen molar-refractivity contribution in [2.24, 2.45) is 16.3 Å². The van der Waals surface area contributed by atoms with Gasteiger partial charge in [0.2, 0.25) is 0 Å². The van der Waals surface area contributed by atoms with Crippen LogP contribution < -0.4 is 10.6 Å². The third-order valence-corrected chi connectivity index (χ3v) is 4.20. The molecule has 3 atom stereocenters. The molecule has 2 aliphatic rings. The fourth-order valence-electron chi connectivity index (χ4n) is 3.29.